The zero-order valence-electron chi connectivity index (χ0n) is 7.71. The van der Waals surface area contributed by atoms with Crippen LogP contribution < -0.4 is 5.73 Å². The molecule has 0 spiro atoms. The maximum atomic E-state index is 11.0. The molecule has 2 aromatic rings. The maximum Gasteiger partial charge on any atom is 0.249 e. The van der Waals surface area contributed by atoms with Gasteiger partial charge >= 0.3 is 0 Å². The van der Waals surface area contributed by atoms with E-state index in [0.29, 0.717) is 5.56 Å². The van der Waals surface area contributed by atoms with Crippen molar-refractivity contribution in [2.45, 2.75) is 0 Å². The Labute approximate surface area is 99.5 Å². The van der Waals surface area contributed by atoms with Crippen LogP contribution in [-0.4, -0.2) is 10.9 Å². The number of hydrogen-bond acceptors (Lipinski definition) is 2. The molecule has 0 bridgehead atoms. The van der Waals surface area contributed by atoms with Crippen molar-refractivity contribution in [2.24, 2.45) is 5.73 Å². The van der Waals surface area contributed by atoms with Crippen molar-refractivity contribution in [2.75, 3.05) is 0 Å². The smallest absolute Gasteiger partial charge is 0.249 e. The number of benzene rings is 1. The minimum atomic E-state index is -0.418. The number of nitrogens with two attached hydrogens (primary N) is 1. The lowest BCUT2D eigenvalue weighted by atomic mass is 10.1. The van der Waals surface area contributed by atoms with Gasteiger partial charge in [0.1, 0.15) is 0 Å². The van der Waals surface area contributed by atoms with Gasteiger partial charge in [-0.1, -0.05) is 12.1 Å². The van der Waals surface area contributed by atoms with E-state index in [1.54, 1.807) is 24.4 Å². The van der Waals surface area contributed by atoms with Crippen molar-refractivity contribution in [1.29, 1.82) is 0 Å². The lowest BCUT2D eigenvalue weighted by Crippen LogP contribution is -2.11. The van der Waals surface area contributed by atoms with Crippen LogP contribution in [0.15, 0.2) is 36.5 Å². The second kappa shape index (κ2) is 5.53. The van der Waals surface area contributed by atoms with Crippen LogP contribution in [-0.2, 0) is 0 Å². The number of hydrogen-bond donors (Lipinski definition) is 1. The van der Waals surface area contributed by atoms with Gasteiger partial charge in [0, 0.05) is 17.1 Å². The number of nitrogens with zero attached hydrogens (tertiary/aromatic N) is 1. The summed E-state index contributed by atoms with van der Waals surface area (Å²) in [6.07, 6.45) is 1.69. The Balaban J connectivity index is 0.000000980. The van der Waals surface area contributed by atoms with Gasteiger partial charge in [-0.25, -0.2) is 0 Å². The highest BCUT2D eigenvalue weighted by atomic mass is 35.5. The minimum absolute atomic E-state index is 0. The molecule has 3 nitrogen and oxygen atoms in total. The molecule has 2 rings (SSSR count). The average Bonchev–Trinajstić information content (AvgIpc) is 2.17. The first-order chi connectivity index (χ1) is 6.29. The highest BCUT2D eigenvalue weighted by Gasteiger charge is 2.04. The summed E-state index contributed by atoms with van der Waals surface area (Å²) in [4.78, 5) is 15.1. The van der Waals surface area contributed by atoms with E-state index in [1.165, 1.54) is 0 Å². The predicted molar refractivity (Wildman–Crippen MR) is 64.8 cm³/mol. The van der Waals surface area contributed by atoms with Gasteiger partial charge in [0.15, 0.2) is 0 Å². The van der Waals surface area contributed by atoms with E-state index < -0.39 is 5.91 Å². The summed E-state index contributed by atoms with van der Waals surface area (Å²) in [6, 6.07) is 8.95. The van der Waals surface area contributed by atoms with E-state index in [-0.39, 0.29) is 24.8 Å². The van der Waals surface area contributed by atoms with Crippen molar-refractivity contribution in [3.63, 3.8) is 0 Å². The van der Waals surface area contributed by atoms with Crippen LogP contribution in [0.25, 0.3) is 10.9 Å². The SMILES string of the molecule is Cl.Cl.NC(=O)c1cccc2ncccc12. The third-order valence-corrected chi connectivity index (χ3v) is 1.91. The number of amides is 1. The van der Waals surface area contributed by atoms with Crippen LogP contribution in [0.2, 0.25) is 0 Å². The molecule has 0 saturated heterocycles. The largest absolute Gasteiger partial charge is 0.366 e. The van der Waals surface area contributed by atoms with Gasteiger partial charge in [-0.2, -0.15) is 0 Å². The first-order valence-electron chi connectivity index (χ1n) is 3.92. The van der Waals surface area contributed by atoms with Crippen molar-refractivity contribution in [1.82, 2.24) is 4.98 Å². The molecule has 1 heterocycles. The molecule has 1 aromatic heterocycles. The summed E-state index contributed by atoms with van der Waals surface area (Å²) in [5, 5.41) is 0.803. The first kappa shape index (κ1) is 13.7. The second-order valence-corrected chi connectivity index (χ2v) is 2.74. The number of carbonyl (C=O) groups is 1. The van der Waals surface area contributed by atoms with Crippen molar-refractivity contribution < 1.29 is 4.79 Å². The number of fused-ring (bicyclic) bond motifs is 1. The van der Waals surface area contributed by atoms with Crippen LogP contribution in [0.1, 0.15) is 10.4 Å². The number of rotatable bonds is 1. The molecular weight excluding hydrogens is 235 g/mol. The molecule has 1 amide bonds. The Bertz CT molecular complexity index is 468. The number of aromatic nitrogens is 1. The summed E-state index contributed by atoms with van der Waals surface area (Å²) in [6.45, 7) is 0. The Morgan fingerprint density at radius 3 is 2.53 bits per heavy atom. The molecule has 0 aliphatic carbocycles. The molecular formula is C10H10Cl2N2O. The summed E-state index contributed by atoms with van der Waals surface area (Å²) in [5.74, 6) is -0.418. The molecule has 80 valence electrons. The van der Waals surface area contributed by atoms with Crippen molar-refractivity contribution in [3.8, 4) is 0 Å². The van der Waals surface area contributed by atoms with Crippen LogP contribution in [0.4, 0.5) is 0 Å². The zero-order chi connectivity index (χ0) is 9.26. The molecule has 0 aliphatic heterocycles. The quantitative estimate of drug-likeness (QED) is 0.837. The highest BCUT2D eigenvalue weighted by molar-refractivity contribution is 6.05. The summed E-state index contributed by atoms with van der Waals surface area (Å²) >= 11 is 0. The normalized spacial score (nSPS) is 8.80. The Hall–Kier alpha value is -1.32. The molecule has 0 fully saturated rings. The number of primary amides is 1. The average molecular weight is 245 g/mol. The number of halogens is 2. The summed E-state index contributed by atoms with van der Waals surface area (Å²) < 4.78 is 0. The second-order valence-electron chi connectivity index (χ2n) is 2.74. The standard InChI is InChI=1S/C10H8N2O.2ClH/c11-10(13)8-3-1-5-9-7(8)4-2-6-12-9;;/h1-6H,(H2,11,13);2*1H. The van der Waals surface area contributed by atoms with Gasteiger partial charge in [-0.15, -0.1) is 24.8 Å². The lowest BCUT2D eigenvalue weighted by molar-refractivity contribution is 0.100. The number of carbonyl (C=O) groups excluding carboxylic acids is 1. The van der Waals surface area contributed by atoms with E-state index in [0.717, 1.165) is 10.9 Å². The molecule has 15 heavy (non-hydrogen) atoms. The minimum Gasteiger partial charge on any atom is -0.366 e. The summed E-state index contributed by atoms with van der Waals surface area (Å²) in [5.41, 5.74) is 6.52. The predicted octanol–water partition coefficient (Wildman–Crippen LogP) is 2.18. The fourth-order valence-electron chi connectivity index (χ4n) is 1.32. The van der Waals surface area contributed by atoms with Gasteiger partial charge < -0.3 is 5.73 Å². The van der Waals surface area contributed by atoms with Crippen LogP contribution in [0, 0.1) is 0 Å². The molecule has 2 N–H and O–H groups in total. The Morgan fingerprint density at radius 1 is 1.13 bits per heavy atom. The van der Waals surface area contributed by atoms with Crippen molar-refractivity contribution >= 4 is 41.6 Å². The molecule has 0 atom stereocenters. The maximum absolute atomic E-state index is 11.0. The molecule has 5 heteroatoms. The van der Waals surface area contributed by atoms with Crippen molar-refractivity contribution in [3.05, 3.63) is 42.1 Å². The monoisotopic (exact) mass is 244 g/mol. The Kier molecular flexibility index (Phi) is 5.05. The van der Waals surface area contributed by atoms with Crippen LogP contribution in [0.3, 0.4) is 0 Å². The summed E-state index contributed by atoms with van der Waals surface area (Å²) in [7, 11) is 0. The molecule has 0 unspecified atom stereocenters. The van der Waals surface area contributed by atoms with Gasteiger partial charge in [0.05, 0.1) is 5.52 Å². The van der Waals surface area contributed by atoms with Gasteiger partial charge in [-0.05, 0) is 18.2 Å². The first-order valence-corrected chi connectivity index (χ1v) is 3.92. The highest BCUT2D eigenvalue weighted by Crippen LogP contribution is 2.15. The topological polar surface area (TPSA) is 56.0 Å². The zero-order valence-corrected chi connectivity index (χ0v) is 9.35. The number of pyridine rings is 1. The van der Waals surface area contributed by atoms with Gasteiger partial charge in [0.2, 0.25) is 5.91 Å². The van der Waals surface area contributed by atoms with Gasteiger partial charge in [-0.3, -0.25) is 9.78 Å². The third-order valence-electron chi connectivity index (χ3n) is 1.91. The van der Waals surface area contributed by atoms with Crippen LogP contribution in [0.5, 0.6) is 0 Å². The lowest BCUT2D eigenvalue weighted by Gasteiger charge is -2.00. The molecule has 1 aromatic carbocycles. The molecule has 0 radical (unpaired) electrons. The molecule has 0 saturated carbocycles. The molecule has 0 aliphatic rings. The fraction of sp³-hybridized carbons (Fsp3) is 0. The van der Waals surface area contributed by atoms with E-state index in [9.17, 15) is 4.79 Å². The van der Waals surface area contributed by atoms with E-state index in [4.69, 9.17) is 5.73 Å². The van der Waals surface area contributed by atoms with E-state index >= 15 is 0 Å². The van der Waals surface area contributed by atoms with E-state index in [1.807, 2.05) is 12.1 Å². The fourth-order valence-corrected chi connectivity index (χ4v) is 1.32. The Morgan fingerprint density at radius 2 is 1.87 bits per heavy atom. The van der Waals surface area contributed by atoms with Crippen LogP contribution >= 0.6 is 24.8 Å². The van der Waals surface area contributed by atoms with E-state index in [2.05, 4.69) is 4.98 Å². The third kappa shape index (κ3) is 2.58. The van der Waals surface area contributed by atoms with Gasteiger partial charge in [0.25, 0.3) is 0 Å².